The van der Waals surface area contributed by atoms with E-state index in [1.807, 2.05) is 60.7 Å². The molecule has 43 heavy (non-hydrogen) atoms. The van der Waals surface area contributed by atoms with Gasteiger partial charge in [-0.05, 0) is 17.5 Å². The zero-order valence-corrected chi connectivity index (χ0v) is 26.8. The van der Waals surface area contributed by atoms with Gasteiger partial charge in [0.25, 0.3) is 0 Å². The molecule has 0 saturated heterocycles. The van der Waals surface area contributed by atoms with Crippen LogP contribution < -0.4 is 10.6 Å². The van der Waals surface area contributed by atoms with Crippen molar-refractivity contribution >= 4 is 17.8 Å². The predicted molar refractivity (Wildman–Crippen MR) is 175 cm³/mol. The van der Waals surface area contributed by atoms with Crippen molar-refractivity contribution in [3.05, 3.63) is 71.8 Å². The van der Waals surface area contributed by atoms with Crippen molar-refractivity contribution in [1.82, 2.24) is 10.6 Å². The lowest BCUT2D eigenvalue weighted by molar-refractivity contribution is -0.148. The number of ether oxygens (including phenoxy) is 1. The van der Waals surface area contributed by atoms with Crippen molar-refractivity contribution in [2.24, 2.45) is 5.92 Å². The van der Waals surface area contributed by atoms with Crippen LogP contribution in [0.5, 0.6) is 0 Å². The zero-order valence-electron chi connectivity index (χ0n) is 26.8. The minimum atomic E-state index is -0.709. The van der Waals surface area contributed by atoms with Crippen molar-refractivity contribution in [2.75, 3.05) is 7.05 Å². The van der Waals surface area contributed by atoms with Gasteiger partial charge in [-0.15, -0.1) is 0 Å². The maximum atomic E-state index is 13.4. The predicted octanol–water partition coefficient (Wildman–Crippen LogP) is 8.08. The lowest BCUT2D eigenvalue weighted by Gasteiger charge is -2.22. The molecule has 6 heteroatoms. The Labute approximate surface area is 260 Å². The van der Waals surface area contributed by atoms with Crippen LogP contribution in [0.25, 0.3) is 0 Å². The molecule has 2 aromatic rings. The van der Waals surface area contributed by atoms with E-state index in [0.717, 1.165) is 30.4 Å². The number of unbranched alkanes of at least 4 members (excludes halogenated alkanes) is 13. The molecule has 2 atom stereocenters. The molecule has 238 valence electrons. The second-order valence-electron chi connectivity index (χ2n) is 11.8. The first-order valence-corrected chi connectivity index (χ1v) is 16.8. The van der Waals surface area contributed by atoms with Crippen molar-refractivity contribution < 1.29 is 19.1 Å². The number of likely N-dealkylation sites (N-methyl/N-ethyl adjacent to an activating group) is 1. The number of hydrogen-bond acceptors (Lipinski definition) is 4. The van der Waals surface area contributed by atoms with E-state index in [1.165, 1.54) is 70.6 Å². The molecule has 2 N–H and O–H groups in total. The first kappa shape index (κ1) is 36.0. The summed E-state index contributed by atoms with van der Waals surface area (Å²) in [5.74, 6) is -1.45. The van der Waals surface area contributed by atoms with Gasteiger partial charge >= 0.3 is 5.97 Å². The fourth-order valence-electron chi connectivity index (χ4n) is 5.43. The lowest BCUT2D eigenvalue weighted by Crippen LogP contribution is -2.49. The fraction of sp³-hybridized carbons (Fsp3) is 0.595. The van der Waals surface area contributed by atoms with E-state index in [-0.39, 0.29) is 24.8 Å². The first-order chi connectivity index (χ1) is 21.0. The van der Waals surface area contributed by atoms with Crippen molar-refractivity contribution in [3.8, 4) is 0 Å². The van der Waals surface area contributed by atoms with E-state index in [4.69, 9.17) is 4.74 Å². The summed E-state index contributed by atoms with van der Waals surface area (Å²) in [5.41, 5.74) is 1.87. The molecular weight excluding hydrogens is 536 g/mol. The third kappa shape index (κ3) is 16.9. The quantitative estimate of drug-likeness (QED) is 0.0953. The van der Waals surface area contributed by atoms with Crippen LogP contribution in [0.1, 0.15) is 121 Å². The normalized spacial score (nSPS) is 12.3. The highest BCUT2D eigenvalue weighted by molar-refractivity contribution is 5.90. The molecule has 0 radical (unpaired) electrons. The maximum Gasteiger partial charge on any atom is 0.306 e. The van der Waals surface area contributed by atoms with Gasteiger partial charge in [-0.25, -0.2) is 0 Å². The smallest absolute Gasteiger partial charge is 0.306 e. The lowest BCUT2D eigenvalue weighted by atomic mass is 9.95. The summed E-state index contributed by atoms with van der Waals surface area (Å²) in [6.07, 6.45) is 18.7. The topological polar surface area (TPSA) is 84.5 Å². The Morgan fingerprint density at radius 1 is 0.651 bits per heavy atom. The third-order valence-corrected chi connectivity index (χ3v) is 8.09. The minimum Gasteiger partial charge on any atom is -0.461 e. The van der Waals surface area contributed by atoms with Gasteiger partial charge in [0.15, 0.2) is 0 Å². The first-order valence-electron chi connectivity index (χ1n) is 16.8. The van der Waals surface area contributed by atoms with E-state index < -0.39 is 17.9 Å². The molecule has 0 aliphatic carbocycles. The molecule has 2 aromatic carbocycles. The van der Waals surface area contributed by atoms with Gasteiger partial charge < -0.3 is 15.4 Å². The second-order valence-corrected chi connectivity index (χ2v) is 11.8. The second kappa shape index (κ2) is 23.3. The number of rotatable bonds is 24. The highest BCUT2D eigenvalue weighted by Crippen LogP contribution is 2.19. The SMILES string of the molecule is CCCCCCCCCCCCCCCC[C@H](CC(=O)OCc1ccccc1)C(=O)N[C@@H](Cc1ccccc1)C(=O)NC. The van der Waals surface area contributed by atoms with E-state index in [2.05, 4.69) is 17.6 Å². The van der Waals surface area contributed by atoms with Crippen molar-refractivity contribution in [2.45, 2.75) is 129 Å². The molecule has 0 bridgehead atoms. The number of carbonyl (C=O) groups is 3. The van der Waals surface area contributed by atoms with Gasteiger partial charge in [0.05, 0.1) is 6.42 Å². The molecule has 0 saturated carbocycles. The van der Waals surface area contributed by atoms with Crippen LogP contribution in [0.3, 0.4) is 0 Å². The van der Waals surface area contributed by atoms with Gasteiger partial charge in [0.1, 0.15) is 12.6 Å². The molecule has 0 spiro atoms. The fourth-order valence-corrected chi connectivity index (χ4v) is 5.43. The molecule has 0 aliphatic heterocycles. The summed E-state index contributed by atoms with van der Waals surface area (Å²) in [5, 5.41) is 5.60. The number of hydrogen-bond donors (Lipinski definition) is 2. The summed E-state index contributed by atoms with van der Waals surface area (Å²) in [4.78, 5) is 38.8. The van der Waals surface area contributed by atoms with Crippen LogP contribution >= 0.6 is 0 Å². The molecule has 0 heterocycles. The van der Waals surface area contributed by atoms with Gasteiger partial charge in [-0.1, -0.05) is 157 Å². The molecule has 2 rings (SSSR count). The average Bonchev–Trinajstić information content (AvgIpc) is 3.03. The Morgan fingerprint density at radius 3 is 1.65 bits per heavy atom. The monoisotopic (exact) mass is 592 g/mol. The third-order valence-electron chi connectivity index (χ3n) is 8.09. The largest absolute Gasteiger partial charge is 0.461 e. The number of nitrogens with one attached hydrogen (secondary N) is 2. The number of carbonyl (C=O) groups excluding carboxylic acids is 3. The van der Waals surface area contributed by atoms with Gasteiger partial charge in [0, 0.05) is 19.4 Å². The van der Waals surface area contributed by atoms with Gasteiger partial charge in [0.2, 0.25) is 11.8 Å². The highest BCUT2D eigenvalue weighted by atomic mass is 16.5. The van der Waals surface area contributed by atoms with Gasteiger partial charge in [-0.3, -0.25) is 14.4 Å². The average molecular weight is 593 g/mol. The Hall–Kier alpha value is -3.15. The Morgan fingerprint density at radius 2 is 1.14 bits per heavy atom. The zero-order chi connectivity index (χ0) is 31.0. The van der Waals surface area contributed by atoms with Gasteiger partial charge in [-0.2, -0.15) is 0 Å². The number of esters is 1. The molecule has 2 amide bonds. The molecule has 6 nitrogen and oxygen atoms in total. The van der Waals surface area contributed by atoms with Crippen LogP contribution in [-0.4, -0.2) is 30.9 Å². The molecular formula is C37H56N2O4. The number of benzene rings is 2. The number of amides is 2. The summed E-state index contributed by atoms with van der Waals surface area (Å²) >= 11 is 0. The summed E-state index contributed by atoms with van der Waals surface area (Å²) in [7, 11) is 1.57. The Kier molecular flexibility index (Phi) is 19.6. The summed E-state index contributed by atoms with van der Waals surface area (Å²) in [6, 6.07) is 18.5. The standard InChI is InChI=1S/C37H56N2O4/c1-3-4-5-6-7-8-9-10-11-12-13-14-15-22-27-33(29-35(40)43-30-32-25-20-17-21-26-32)36(41)39-34(37(42)38-2)28-31-23-18-16-19-24-31/h16-21,23-26,33-34H,3-15,22,27-30H2,1-2H3,(H,38,42)(H,39,41)/t33-,34+/m1/s1. The summed E-state index contributed by atoms with van der Waals surface area (Å²) in [6.45, 7) is 2.44. The maximum absolute atomic E-state index is 13.4. The molecule has 0 aliphatic rings. The minimum absolute atomic E-state index is 0.00289. The Balaban J connectivity index is 1.80. The van der Waals surface area contributed by atoms with Crippen molar-refractivity contribution in [1.29, 1.82) is 0 Å². The summed E-state index contributed by atoms with van der Waals surface area (Å²) < 4.78 is 5.50. The van der Waals surface area contributed by atoms with Crippen LogP contribution in [0.4, 0.5) is 0 Å². The van der Waals surface area contributed by atoms with Crippen LogP contribution in [-0.2, 0) is 32.1 Å². The molecule has 0 unspecified atom stereocenters. The van der Waals surface area contributed by atoms with E-state index in [0.29, 0.717) is 12.8 Å². The molecule has 0 aromatic heterocycles. The Bertz CT molecular complexity index is 1010. The molecule has 0 fully saturated rings. The van der Waals surface area contributed by atoms with Crippen LogP contribution in [0, 0.1) is 5.92 Å². The highest BCUT2D eigenvalue weighted by Gasteiger charge is 2.27. The van der Waals surface area contributed by atoms with E-state index in [9.17, 15) is 14.4 Å². The van der Waals surface area contributed by atoms with Crippen molar-refractivity contribution in [3.63, 3.8) is 0 Å². The van der Waals surface area contributed by atoms with E-state index >= 15 is 0 Å². The van der Waals surface area contributed by atoms with Crippen LogP contribution in [0.15, 0.2) is 60.7 Å². The van der Waals surface area contributed by atoms with E-state index in [1.54, 1.807) is 7.05 Å². The van der Waals surface area contributed by atoms with Crippen LogP contribution in [0.2, 0.25) is 0 Å².